The van der Waals surface area contributed by atoms with Crippen LogP contribution in [0, 0.1) is 11.8 Å². The topological polar surface area (TPSA) is 35.6 Å². The van der Waals surface area contributed by atoms with Crippen LogP contribution in [0.2, 0.25) is 0 Å². The molecule has 3 rings (SSSR count). The summed E-state index contributed by atoms with van der Waals surface area (Å²) < 4.78 is 0. The number of nitrogens with one attached hydrogen (secondary N) is 1. The second-order valence-electron chi connectivity index (χ2n) is 6.66. The van der Waals surface area contributed by atoms with Gasteiger partial charge in [-0.15, -0.1) is 0 Å². The normalized spacial score (nSPS) is 40.2. The lowest BCUT2D eigenvalue weighted by atomic mass is 9.83. The highest BCUT2D eigenvalue weighted by Gasteiger charge is 2.39. The SMILES string of the molecule is CC1NCCC1C(=O)N1CCC2C(CCCN2C)C1. The second kappa shape index (κ2) is 5.41. The first kappa shape index (κ1) is 13.4. The number of fused-ring (bicyclic) bond motifs is 1. The molecule has 1 amide bonds. The maximum atomic E-state index is 12.6. The van der Waals surface area contributed by atoms with Crippen molar-refractivity contribution in [2.24, 2.45) is 11.8 Å². The zero-order chi connectivity index (χ0) is 13.4. The minimum Gasteiger partial charge on any atom is -0.342 e. The van der Waals surface area contributed by atoms with Crippen molar-refractivity contribution in [2.45, 2.75) is 44.7 Å². The molecule has 108 valence electrons. The first-order chi connectivity index (χ1) is 9.16. The molecule has 3 aliphatic heterocycles. The van der Waals surface area contributed by atoms with Gasteiger partial charge >= 0.3 is 0 Å². The summed E-state index contributed by atoms with van der Waals surface area (Å²) in [5, 5.41) is 3.40. The van der Waals surface area contributed by atoms with Crippen molar-refractivity contribution < 1.29 is 4.79 Å². The smallest absolute Gasteiger partial charge is 0.227 e. The molecule has 4 nitrogen and oxygen atoms in total. The Balaban J connectivity index is 1.62. The largest absolute Gasteiger partial charge is 0.342 e. The molecule has 3 heterocycles. The molecule has 19 heavy (non-hydrogen) atoms. The monoisotopic (exact) mass is 265 g/mol. The Bertz CT molecular complexity index is 346. The van der Waals surface area contributed by atoms with Crippen molar-refractivity contribution in [1.82, 2.24) is 15.1 Å². The van der Waals surface area contributed by atoms with Crippen LogP contribution in [-0.4, -0.2) is 61.0 Å². The Kier molecular flexibility index (Phi) is 3.81. The van der Waals surface area contributed by atoms with Crippen LogP contribution >= 0.6 is 0 Å². The summed E-state index contributed by atoms with van der Waals surface area (Å²) in [6, 6.07) is 1.08. The highest BCUT2D eigenvalue weighted by atomic mass is 16.2. The van der Waals surface area contributed by atoms with Crippen LogP contribution in [0.4, 0.5) is 0 Å². The van der Waals surface area contributed by atoms with Crippen molar-refractivity contribution >= 4 is 5.91 Å². The number of hydrogen-bond acceptors (Lipinski definition) is 3. The maximum absolute atomic E-state index is 12.6. The van der Waals surface area contributed by atoms with Crippen LogP contribution < -0.4 is 5.32 Å². The molecule has 0 aliphatic carbocycles. The van der Waals surface area contributed by atoms with E-state index in [4.69, 9.17) is 0 Å². The molecule has 0 spiro atoms. The van der Waals surface area contributed by atoms with Crippen molar-refractivity contribution in [3.05, 3.63) is 0 Å². The molecule has 4 atom stereocenters. The van der Waals surface area contributed by atoms with Gasteiger partial charge in [0.05, 0.1) is 5.92 Å². The number of rotatable bonds is 1. The molecule has 0 aromatic heterocycles. The van der Waals surface area contributed by atoms with E-state index in [1.54, 1.807) is 0 Å². The van der Waals surface area contributed by atoms with E-state index in [0.29, 0.717) is 17.9 Å². The molecule has 0 aromatic rings. The second-order valence-corrected chi connectivity index (χ2v) is 6.66. The van der Waals surface area contributed by atoms with Gasteiger partial charge in [0.1, 0.15) is 0 Å². The van der Waals surface area contributed by atoms with Crippen LogP contribution in [0.1, 0.15) is 32.6 Å². The predicted molar refractivity (Wildman–Crippen MR) is 75.9 cm³/mol. The molecule has 3 fully saturated rings. The molecule has 0 bridgehead atoms. The Morgan fingerprint density at radius 3 is 2.79 bits per heavy atom. The summed E-state index contributed by atoms with van der Waals surface area (Å²) in [5.41, 5.74) is 0. The number of likely N-dealkylation sites (tertiary alicyclic amines) is 2. The fourth-order valence-electron chi connectivity index (χ4n) is 4.28. The van der Waals surface area contributed by atoms with E-state index in [0.717, 1.165) is 32.1 Å². The maximum Gasteiger partial charge on any atom is 0.227 e. The van der Waals surface area contributed by atoms with Crippen molar-refractivity contribution in [1.29, 1.82) is 0 Å². The lowest BCUT2D eigenvalue weighted by Gasteiger charge is -2.46. The molecule has 0 aromatic carbocycles. The third-order valence-electron chi connectivity index (χ3n) is 5.50. The Morgan fingerprint density at radius 2 is 2.05 bits per heavy atom. The molecule has 0 saturated carbocycles. The molecule has 1 N–H and O–H groups in total. The van der Waals surface area contributed by atoms with Crippen molar-refractivity contribution in [3.8, 4) is 0 Å². The van der Waals surface area contributed by atoms with Gasteiger partial charge in [-0.1, -0.05) is 0 Å². The van der Waals surface area contributed by atoms with E-state index >= 15 is 0 Å². The average molecular weight is 265 g/mol. The van der Waals surface area contributed by atoms with Gasteiger partial charge in [-0.3, -0.25) is 4.79 Å². The molecule has 3 saturated heterocycles. The lowest BCUT2D eigenvalue weighted by molar-refractivity contribution is -0.139. The number of nitrogens with zero attached hydrogens (tertiary/aromatic N) is 2. The summed E-state index contributed by atoms with van der Waals surface area (Å²) >= 11 is 0. The summed E-state index contributed by atoms with van der Waals surface area (Å²) in [6.45, 7) is 6.35. The van der Waals surface area contributed by atoms with Gasteiger partial charge in [-0.2, -0.15) is 0 Å². The zero-order valence-corrected chi connectivity index (χ0v) is 12.3. The number of carbonyl (C=O) groups is 1. The third kappa shape index (κ3) is 2.52. The van der Waals surface area contributed by atoms with Gasteiger partial charge in [-0.25, -0.2) is 0 Å². The Labute approximate surface area is 116 Å². The van der Waals surface area contributed by atoms with Crippen molar-refractivity contribution in [3.63, 3.8) is 0 Å². The minimum absolute atomic E-state index is 0.220. The lowest BCUT2D eigenvalue weighted by Crippen LogP contribution is -2.55. The van der Waals surface area contributed by atoms with Crippen LogP contribution in [0.5, 0.6) is 0 Å². The van der Waals surface area contributed by atoms with Crippen molar-refractivity contribution in [2.75, 3.05) is 33.2 Å². The number of piperidine rings is 2. The van der Waals surface area contributed by atoms with Gasteiger partial charge < -0.3 is 15.1 Å². The number of carbonyl (C=O) groups excluding carboxylic acids is 1. The van der Waals surface area contributed by atoms with E-state index in [1.807, 2.05) is 0 Å². The van der Waals surface area contributed by atoms with Gasteiger partial charge in [-0.05, 0) is 58.7 Å². The van der Waals surface area contributed by atoms with E-state index in [-0.39, 0.29) is 5.92 Å². The number of amides is 1. The molecule has 3 aliphatic rings. The van der Waals surface area contributed by atoms with Gasteiger partial charge in [0, 0.05) is 25.2 Å². The summed E-state index contributed by atoms with van der Waals surface area (Å²) in [4.78, 5) is 17.3. The van der Waals surface area contributed by atoms with E-state index < -0.39 is 0 Å². The van der Waals surface area contributed by atoms with Gasteiger partial charge in [0.25, 0.3) is 0 Å². The summed E-state index contributed by atoms with van der Waals surface area (Å²) in [6.07, 6.45) is 4.78. The van der Waals surface area contributed by atoms with E-state index in [9.17, 15) is 4.79 Å². The Morgan fingerprint density at radius 1 is 1.21 bits per heavy atom. The fourth-order valence-corrected chi connectivity index (χ4v) is 4.28. The molecule has 0 radical (unpaired) electrons. The zero-order valence-electron chi connectivity index (χ0n) is 12.3. The highest BCUT2D eigenvalue weighted by molar-refractivity contribution is 5.80. The fraction of sp³-hybridized carbons (Fsp3) is 0.933. The highest BCUT2D eigenvalue weighted by Crippen LogP contribution is 2.31. The standard InChI is InChI=1S/C15H27N3O/c1-11-13(5-7-16-11)15(19)18-9-6-14-12(10-18)4-3-8-17(14)2/h11-14,16H,3-10H2,1-2H3. The van der Waals surface area contributed by atoms with E-state index in [1.165, 1.54) is 25.8 Å². The van der Waals surface area contributed by atoms with Crippen LogP contribution in [0.3, 0.4) is 0 Å². The quantitative estimate of drug-likeness (QED) is 0.766. The van der Waals surface area contributed by atoms with Crippen LogP contribution in [-0.2, 0) is 4.79 Å². The first-order valence-electron chi connectivity index (χ1n) is 7.89. The third-order valence-corrected chi connectivity index (χ3v) is 5.50. The van der Waals surface area contributed by atoms with Crippen LogP contribution in [0.15, 0.2) is 0 Å². The molecule has 4 heteroatoms. The van der Waals surface area contributed by atoms with E-state index in [2.05, 4.69) is 29.1 Å². The molecular weight excluding hydrogens is 238 g/mol. The van der Waals surface area contributed by atoms with Gasteiger partial charge in [0.15, 0.2) is 0 Å². The summed E-state index contributed by atoms with van der Waals surface area (Å²) in [7, 11) is 2.25. The molecule has 4 unspecified atom stereocenters. The predicted octanol–water partition coefficient (Wildman–Crippen LogP) is 0.927. The number of hydrogen-bond donors (Lipinski definition) is 1. The first-order valence-corrected chi connectivity index (χ1v) is 7.89. The Hall–Kier alpha value is -0.610. The molecular formula is C15H27N3O. The van der Waals surface area contributed by atoms with Crippen LogP contribution in [0.25, 0.3) is 0 Å². The van der Waals surface area contributed by atoms with Gasteiger partial charge in [0.2, 0.25) is 5.91 Å². The summed E-state index contributed by atoms with van der Waals surface area (Å²) in [5.74, 6) is 1.34. The average Bonchev–Trinajstić information content (AvgIpc) is 2.84. The minimum atomic E-state index is 0.220.